The fourth-order valence-electron chi connectivity index (χ4n) is 3.31. The molecular weight excluding hydrogens is 411 g/mol. The van der Waals surface area contributed by atoms with Gasteiger partial charge in [0.15, 0.2) is 0 Å². The van der Waals surface area contributed by atoms with Gasteiger partial charge in [-0.2, -0.15) is 8.42 Å². The van der Waals surface area contributed by atoms with Crippen molar-refractivity contribution < 1.29 is 52.4 Å². The molecule has 2 rings (SSSR count). The SMILES string of the molecule is CCCCCCCCCCCc1ccc(Oc2ccc([O-])cc2)cc1S(=O)(=O)O.[Na+]. The van der Waals surface area contributed by atoms with E-state index < -0.39 is 10.1 Å². The van der Waals surface area contributed by atoms with Gasteiger partial charge in [0.25, 0.3) is 10.1 Å². The molecule has 2 aromatic rings. The molecule has 0 aromatic heterocycles. The summed E-state index contributed by atoms with van der Waals surface area (Å²) in [4.78, 5) is -0.116. The average molecular weight is 443 g/mol. The van der Waals surface area contributed by atoms with Crippen molar-refractivity contribution in [3.63, 3.8) is 0 Å². The molecule has 1 N–H and O–H groups in total. The number of rotatable bonds is 13. The van der Waals surface area contributed by atoms with Crippen LogP contribution in [0.5, 0.6) is 17.2 Å². The predicted molar refractivity (Wildman–Crippen MR) is 113 cm³/mol. The molecule has 0 unspecified atom stereocenters. The first kappa shape index (κ1) is 27.0. The van der Waals surface area contributed by atoms with E-state index in [1.165, 1.54) is 68.9 Å². The van der Waals surface area contributed by atoms with Gasteiger partial charge in [0.1, 0.15) is 16.4 Å². The second-order valence-corrected chi connectivity index (χ2v) is 8.79. The van der Waals surface area contributed by atoms with Gasteiger partial charge in [-0.15, -0.1) is 5.75 Å². The van der Waals surface area contributed by atoms with E-state index in [0.717, 1.165) is 19.3 Å². The van der Waals surface area contributed by atoms with Crippen molar-refractivity contribution in [1.82, 2.24) is 0 Å². The Hall–Kier alpha value is -1.05. The molecule has 0 atom stereocenters. The van der Waals surface area contributed by atoms with Crippen LogP contribution in [0.1, 0.15) is 70.3 Å². The fourth-order valence-corrected chi connectivity index (χ4v) is 4.08. The van der Waals surface area contributed by atoms with Crippen LogP contribution in [0.2, 0.25) is 0 Å². The van der Waals surface area contributed by atoms with Gasteiger partial charge in [0, 0.05) is 6.07 Å². The Balaban J connectivity index is 0.00000450. The fraction of sp³-hybridized carbons (Fsp3) is 0.478. The Morgan fingerprint density at radius 2 is 1.37 bits per heavy atom. The maximum Gasteiger partial charge on any atom is 1.00 e. The van der Waals surface area contributed by atoms with E-state index in [1.54, 1.807) is 12.1 Å². The molecule has 2 aromatic carbocycles. The molecule has 0 saturated carbocycles. The number of unbranched alkanes of at least 4 members (excludes halogenated alkanes) is 8. The molecule has 0 aliphatic heterocycles. The predicted octanol–water partition coefficient (Wildman–Crippen LogP) is 2.88. The van der Waals surface area contributed by atoms with E-state index in [-0.39, 0.29) is 40.2 Å². The largest absolute Gasteiger partial charge is 1.00 e. The van der Waals surface area contributed by atoms with Crippen LogP contribution in [0.25, 0.3) is 0 Å². The van der Waals surface area contributed by atoms with Crippen LogP contribution in [-0.4, -0.2) is 13.0 Å². The first-order valence-electron chi connectivity index (χ1n) is 10.5. The van der Waals surface area contributed by atoms with E-state index in [1.807, 2.05) is 0 Å². The molecular formula is C23H31NaO5S. The summed E-state index contributed by atoms with van der Waals surface area (Å²) < 4.78 is 38.9. The summed E-state index contributed by atoms with van der Waals surface area (Å²) in [6.07, 6.45) is 11.3. The topological polar surface area (TPSA) is 86.7 Å². The third-order valence-electron chi connectivity index (χ3n) is 4.93. The Kier molecular flexibility index (Phi) is 12.7. The molecule has 5 nitrogen and oxygen atoms in total. The second kappa shape index (κ2) is 14.1. The quantitative estimate of drug-likeness (QED) is 0.293. The normalized spacial score (nSPS) is 11.1. The first-order valence-corrected chi connectivity index (χ1v) is 11.9. The van der Waals surface area contributed by atoms with E-state index >= 15 is 0 Å². The van der Waals surface area contributed by atoms with Crippen LogP contribution in [0, 0.1) is 0 Å². The minimum Gasteiger partial charge on any atom is -0.872 e. The van der Waals surface area contributed by atoms with Crippen LogP contribution in [-0.2, 0) is 16.5 Å². The molecule has 0 spiro atoms. The number of aryl methyl sites for hydroxylation is 1. The van der Waals surface area contributed by atoms with Gasteiger partial charge in [0.2, 0.25) is 0 Å². The first-order chi connectivity index (χ1) is 13.9. The van der Waals surface area contributed by atoms with Crippen molar-refractivity contribution in [2.24, 2.45) is 0 Å². The van der Waals surface area contributed by atoms with Crippen LogP contribution in [0.3, 0.4) is 0 Å². The van der Waals surface area contributed by atoms with E-state index in [4.69, 9.17) is 4.74 Å². The molecule has 0 heterocycles. The van der Waals surface area contributed by atoms with E-state index in [0.29, 0.717) is 23.5 Å². The van der Waals surface area contributed by atoms with Crippen LogP contribution in [0.4, 0.5) is 0 Å². The van der Waals surface area contributed by atoms with Crippen molar-refractivity contribution in [2.45, 2.75) is 76.0 Å². The molecule has 160 valence electrons. The van der Waals surface area contributed by atoms with E-state index in [9.17, 15) is 18.1 Å². The van der Waals surface area contributed by atoms with Gasteiger partial charge >= 0.3 is 29.6 Å². The van der Waals surface area contributed by atoms with Crippen molar-refractivity contribution in [1.29, 1.82) is 0 Å². The maximum atomic E-state index is 11.8. The molecule has 0 saturated heterocycles. The Morgan fingerprint density at radius 1 is 0.833 bits per heavy atom. The zero-order chi connectivity index (χ0) is 21.1. The third-order valence-corrected chi connectivity index (χ3v) is 5.86. The van der Waals surface area contributed by atoms with Crippen molar-refractivity contribution >= 4 is 10.1 Å². The Bertz CT molecular complexity index is 850. The maximum absolute atomic E-state index is 11.8. The summed E-state index contributed by atoms with van der Waals surface area (Å²) in [5, 5.41) is 11.2. The van der Waals surface area contributed by atoms with Crippen LogP contribution < -0.4 is 39.4 Å². The summed E-state index contributed by atoms with van der Waals surface area (Å²) >= 11 is 0. The van der Waals surface area contributed by atoms with Gasteiger partial charge in [-0.25, -0.2) is 0 Å². The van der Waals surface area contributed by atoms with Gasteiger partial charge < -0.3 is 9.84 Å². The molecule has 0 fully saturated rings. The van der Waals surface area contributed by atoms with Crippen molar-refractivity contribution in [2.75, 3.05) is 0 Å². The number of ether oxygens (including phenoxy) is 1. The van der Waals surface area contributed by atoms with Crippen molar-refractivity contribution in [3.8, 4) is 17.2 Å². The summed E-state index contributed by atoms with van der Waals surface area (Å²) in [6, 6.07) is 10.5. The standard InChI is InChI=1S/C23H32O5S.Na/c1-2-3-4-5-6-7-8-9-10-11-19-12-15-22(18-23(19)29(25,26)27)28-21-16-13-20(24)14-17-21;/h12-18,24H,2-11H2,1H3,(H,25,26,27);/q;+1/p-1. The van der Waals surface area contributed by atoms with Crippen LogP contribution >= 0.6 is 0 Å². The molecule has 0 radical (unpaired) electrons. The second-order valence-electron chi connectivity index (χ2n) is 7.40. The van der Waals surface area contributed by atoms with Crippen LogP contribution in [0.15, 0.2) is 47.4 Å². The van der Waals surface area contributed by atoms with Gasteiger partial charge in [-0.3, -0.25) is 4.55 Å². The molecule has 0 amide bonds. The molecule has 0 bridgehead atoms. The molecule has 0 aliphatic rings. The molecule has 7 heteroatoms. The summed E-state index contributed by atoms with van der Waals surface area (Å²) in [5.74, 6) is 0.594. The average Bonchev–Trinajstić information content (AvgIpc) is 2.68. The zero-order valence-corrected chi connectivity index (χ0v) is 20.9. The molecule has 30 heavy (non-hydrogen) atoms. The van der Waals surface area contributed by atoms with Gasteiger partial charge in [-0.1, -0.05) is 76.5 Å². The zero-order valence-electron chi connectivity index (χ0n) is 18.1. The number of benzene rings is 2. The smallest absolute Gasteiger partial charge is 0.872 e. The number of hydrogen-bond donors (Lipinski definition) is 1. The minimum atomic E-state index is -4.35. The van der Waals surface area contributed by atoms with Gasteiger partial charge in [0.05, 0.1) is 0 Å². The number of hydrogen-bond acceptors (Lipinski definition) is 4. The minimum absolute atomic E-state index is 0. The van der Waals surface area contributed by atoms with E-state index in [2.05, 4.69) is 6.92 Å². The summed E-state index contributed by atoms with van der Waals surface area (Å²) in [6.45, 7) is 2.21. The summed E-state index contributed by atoms with van der Waals surface area (Å²) in [7, 11) is -4.35. The Labute approximate surface area is 202 Å². The van der Waals surface area contributed by atoms with Gasteiger partial charge in [-0.05, 0) is 36.6 Å². The monoisotopic (exact) mass is 442 g/mol. The van der Waals surface area contributed by atoms with Crippen molar-refractivity contribution in [3.05, 3.63) is 48.0 Å². The molecule has 0 aliphatic carbocycles. The Morgan fingerprint density at radius 3 is 1.93 bits per heavy atom. The third kappa shape index (κ3) is 9.84. The summed E-state index contributed by atoms with van der Waals surface area (Å²) in [5.41, 5.74) is 0.595.